The average Bonchev–Trinajstić information content (AvgIpc) is 2.89. The molecule has 0 saturated carbocycles. The van der Waals surface area contributed by atoms with Crippen molar-refractivity contribution in [3.05, 3.63) is 105 Å². The first-order chi connectivity index (χ1) is 18.7. The molecular formula is C30H31Cl2N3O3S. The molecule has 2 heterocycles. The molecule has 0 aromatic heterocycles. The number of sulfone groups is 1. The highest BCUT2D eigenvalue weighted by Crippen LogP contribution is 2.36. The van der Waals surface area contributed by atoms with Crippen molar-refractivity contribution >= 4 is 45.0 Å². The van der Waals surface area contributed by atoms with Gasteiger partial charge in [0, 0.05) is 42.5 Å². The van der Waals surface area contributed by atoms with Crippen molar-refractivity contribution in [1.82, 2.24) is 15.3 Å². The van der Waals surface area contributed by atoms with E-state index in [1.54, 1.807) is 18.2 Å². The van der Waals surface area contributed by atoms with Crippen LogP contribution in [0.3, 0.4) is 0 Å². The Balaban J connectivity index is 1.41. The van der Waals surface area contributed by atoms with Crippen LogP contribution in [0.15, 0.2) is 77.2 Å². The van der Waals surface area contributed by atoms with Crippen LogP contribution in [0.5, 0.6) is 0 Å². The van der Waals surface area contributed by atoms with Gasteiger partial charge in [-0.1, -0.05) is 72.1 Å². The molecule has 2 fully saturated rings. The summed E-state index contributed by atoms with van der Waals surface area (Å²) in [6.45, 7) is 2.84. The van der Waals surface area contributed by atoms with E-state index in [1.807, 2.05) is 59.6 Å². The van der Waals surface area contributed by atoms with E-state index >= 15 is 0 Å². The lowest BCUT2D eigenvalue weighted by molar-refractivity contribution is 0.0746. The van der Waals surface area contributed by atoms with E-state index in [1.165, 1.54) is 0 Å². The number of rotatable bonds is 7. The lowest BCUT2D eigenvalue weighted by Gasteiger charge is -2.41. The molecule has 0 bridgehead atoms. The summed E-state index contributed by atoms with van der Waals surface area (Å²) >= 11 is 12.3. The Bertz CT molecular complexity index is 1430. The van der Waals surface area contributed by atoms with Gasteiger partial charge in [-0.05, 0) is 65.4 Å². The molecule has 39 heavy (non-hydrogen) atoms. The third kappa shape index (κ3) is 6.56. The second-order valence-electron chi connectivity index (χ2n) is 10.2. The van der Waals surface area contributed by atoms with E-state index in [2.05, 4.69) is 10.3 Å². The van der Waals surface area contributed by atoms with Gasteiger partial charge in [-0.25, -0.2) is 13.4 Å². The third-order valence-electron chi connectivity index (χ3n) is 7.19. The van der Waals surface area contributed by atoms with Crippen LogP contribution in [0.4, 0.5) is 0 Å². The number of piperidine rings is 1. The van der Waals surface area contributed by atoms with Gasteiger partial charge in [-0.2, -0.15) is 0 Å². The molecule has 1 amide bonds. The predicted molar refractivity (Wildman–Crippen MR) is 157 cm³/mol. The minimum atomic E-state index is -3.67. The van der Waals surface area contributed by atoms with Gasteiger partial charge in [0.15, 0.2) is 9.84 Å². The van der Waals surface area contributed by atoms with Crippen LogP contribution in [-0.4, -0.2) is 56.7 Å². The fourth-order valence-electron chi connectivity index (χ4n) is 5.34. The maximum Gasteiger partial charge on any atom is 0.266 e. The number of hydrazine groups is 1. The SMILES string of the molecule is CS(=O)(=O)c1c(C=C2CN(C(c3ccc(Cl)cc3)c3ccc(Cl)cc3)C2)cccc1C(=O)NN1CCCCC1. The lowest BCUT2D eigenvalue weighted by Crippen LogP contribution is -2.45. The molecule has 9 heteroatoms. The summed E-state index contributed by atoms with van der Waals surface area (Å²) in [5.41, 5.74) is 6.91. The van der Waals surface area contributed by atoms with Crippen LogP contribution >= 0.6 is 23.2 Å². The molecule has 0 unspecified atom stereocenters. The second-order valence-corrected chi connectivity index (χ2v) is 13.0. The number of likely N-dealkylation sites (tertiary alicyclic amines) is 1. The van der Waals surface area contributed by atoms with Crippen molar-refractivity contribution in [3.8, 4) is 0 Å². The molecule has 6 nitrogen and oxygen atoms in total. The Labute approximate surface area is 240 Å². The molecule has 1 N–H and O–H groups in total. The zero-order valence-corrected chi connectivity index (χ0v) is 24.1. The van der Waals surface area contributed by atoms with Crippen molar-refractivity contribution in [1.29, 1.82) is 0 Å². The number of hydrogen-bond donors (Lipinski definition) is 1. The summed E-state index contributed by atoms with van der Waals surface area (Å²) in [5, 5.41) is 3.23. The van der Waals surface area contributed by atoms with Gasteiger partial charge in [-0.15, -0.1) is 0 Å². The number of benzene rings is 3. The fraction of sp³-hybridized carbons (Fsp3) is 0.300. The highest BCUT2D eigenvalue weighted by molar-refractivity contribution is 7.90. The molecule has 2 aliphatic rings. The lowest BCUT2D eigenvalue weighted by atomic mass is 9.92. The summed E-state index contributed by atoms with van der Waals surface area (Å²) in [5.74, 6) is -0.390. The number of nitrogens with zero attached hydrogens (tertiary/aromatic N) is 2. The third-order valence-corrected chi connectivity index (χ3v) is 8.89. The minimum Gasteiger partial charge on any atom is -0.285 e. The van der Waals surface area contributed by atoms with Gasteiger partial charge >= 0.3 is 0 Å². The van der Waals surface area contributed by atoms with Crippen molar-refractivity contribution < 1.29 is 13.2 Å². The molecule has 204 valence electrons. The standard InChI is InChI=1S/C30H31Cl2N3O3S/c1-39(37,38)29-24(6-5-7-27(29)30(36)33-35-16-3-2-4-17-35)18-21-19-34(20-21)28(22-8-12-25(31)13-9-22)23-10-14-26(32)15-11-23/h5-15,18,28H,2-4,16-17,19-20H2,1H3,(H,33,36). The molecular weight excluding hydrogens is 553 g/mol. The van der Waals surface area contributed by atoms with Crippen molar-refractivity contribution in [2.75, 3.05) is 32.4 Å². The zero-order chi connectivity index (χ0) is 27.6. The average molecular weight is 585 g/mol. The van der Waals surface area contributed by atoms with Gasteiger partial charge in [-0.3, -0.25) is 15.1 Å². The largest absolute Gasteiger partial charge is 0.285 e. The molecule has 5 rings (SSSR count). The van der Waals surface area contributed by atoms with Crippen LogP contribution in [0, 0.1) is 0 Å². The van der Waals surface area contributed by atoms with E-state index in [4.69, 9.17) is 23.2 Å². The first-order valence-corrected chi connectivity index (χ1v) is 15.7. The van der Waals surface area contributed by atoms with Crippen LogP contribution in [0.25, 0.3) is 6.08 Å². The van der Waals surface area contributed by atoms with Gasteiger partial charge in [0.25, 0.3) is 5.91 Å². The van der Waals surface area contributed by atoms with E-state index in [9.17, 15) is 13.2 Å². The van der Waals surface area contributed by atoms with Gasteiger partial charge in [0.05, 0.1) is 16.5 Å². The maximum atomic E-state index is 13.1. The van der Waals surface area contributed by atoms with Gasteiger partial charge in [0.2, 0.25) is 0 Å². The number of hydrogen-bond acceptors (Lipinski definition) is 5. The Morgan fingerprint density at radius 3 is 1.97 bits per heavy atom. The quantitative estimate of drug-likeness (QED) is 0.368. The predicted octanol–water partition coefficient (Wildman–Crippen LogP) is 6.02. The summed E-state index contributed by atoms with van der Waals surface area (Å²) in [7, 11) is -3.67. The molecule has 3 aromatic rings. The summed E-state index contributed by atoms with van der Waals surface area (Å²) in [6, 6.07) is 20.7. The Morgan fingerprint density at radius 2 is 1.44 bits per heavy atom. The summed E-state index contributed by atoms with van der Waals surface area (Å²) < 4.78 is 25.8. The molecule has 0 spiro atoms. The molecule has 0 radical (unpaired) electrons. The smallest absolute Gasteiger partial charge is 0.266 e. The van der Waals surface area contributed by atoms with Crippen LogP contribution < -0.4 is 5.43 Å². The highest BCUT2D eigenvalue weighted by atomic mass is 35.5. The van der Waals surface area contributed by atoms with E-state index < -0.39 is 15.7 Å². The zero-order valence-electron chi connectivity index (χ0n) is 21.7. The minimum absolute atomic E-state index is 0.00674. The fourth-order valence-corrected chi connectivity index (χ4v) is 6.71. The molecule has 2 aliphatic heterocycles. The van der Waals surface area contributed by atoms with Crippen molar-refractivity contribution in [3.63, 3.8) is 0 Å². The highest BCUT2D eigenvalue weighted by Gasteiger charge is 2.31. The second kappa shape index (κ2) is 11.8. The van der Waals surface area contributed by atoms with Gasteiger partial charge in [0.1, 0.15) is 0 Å². The summed E-state index contributed by atoms with van der Waals surface area (Å²) in [4.78, 5) is 15.5. The van der Waals surface area contributed by atoms with Gasteiger partial charge < -0.3 is 0 Å². The van der Waals surface area contributed by atoms with Crippen LogP contribution in [0.2, 0.25) is 10.0 Å². The van der Waals surface area contributed by atoms with Crippen molar-refractivity contribution in [2.24, 2.45) is 0 Å². The first-order valence-electron chi connectivity index (χ1n) is 13.0. The molecule has 0 atom stereocenters. The Morgan fingerprint density at radius 1 is 0.872 bits per heavy atom. The van der Waals surface area contributed by atoms with Crippen molar-refractivity contribution in [2.45, 2.75) is 30.2 Å². The molecule has 3 aromatic carbocycles. The topological polar surface area (TPSA) is 69.7 Å². The number of nitrogens with one attached hydrogen (secondary N) is 1. The Kier molecular flexibility index (Phi) is 8.45. The molecule has 2 saturated heterocycles. The van der Waals surface area contributed by atoms with E-state index in [0.717, 1.165) is 55.3 Å². The van der Waals surface area contributed by atoms with E-state index in [0.29, 0.717) is 28.7 Å². The number of amides is 1. The molecule has 0 aliphatic carbocycles. The normalized spacial score (nSPS) is 16.7. The number of halogens is 2. The first kappa shape index (κ1) is 27.9. The maximum absolute atomic E-state index is 13.1. The number of carbonyl (C=O) groups is 1. The van der Waals surface area contributed by atoms with E-state index in [-0.39, 0.29) is 16.5 Å². The monoisotopic (exact) mass is 583 g/mol. The summed E-state index contributed by atoms with van der Waals surface area (Å²) in [6.07, 6.45) is 6.22. The Hall–Kier alpha value is -2.68. The number of carbonyl (C=O) groups excluding carboxylic acids is 1. The van der Waals surface area contributed by atoms with Crippen LogP contribution in [0.1, 0.15) is 52.4 Å². The van der Waals surface area contributed by atoms with Crippen LogP contribution in [-0.2, 0) is 9.84 Å².